The molecule has 0 radical (unpaired) electrons. The van der Waals surface area contributed by atoms with Gasteiger partial charge in [-0.05, 0) is 63.1 Å². The maximum atomic E-state index is 12.6. The van der Waals surface area contributed by atoms with Crippen LogP contribution in [0.1, 0.15) is 36.1 Å². The van der Waals surface area contributed by atoms with Crippen molar-refractivity contribution in [1.29, 1.82) is 0 Å². The molecule has 0 saturated carbocycles. The van der Waals surface area contributed by atoms with Crippen molar-refractivity contribution in [2.45, 2.75) is 40.2 Å². The maximum Gasteiger partial charge on any atom is 0.246 e. The zero-order valence-electron chi connectivity index (χ0n) is 18.8. The molecule has 3 rings (SSSR count). The highest BCUT2D eigenvalue weighted by Gasteiger charge is 2.21. The summed E-state index contributed by atoms with van der Waals surface area (Å²) in [6.45, 7) is 8.39. The number of anilines is 1. The molecule has 1 atom stereocenters. The smallest absolute Gasteiger partial charge is 0.246 e. The molecule has 2 aromatic carbocycles. The zero-order valence-corrected chi connectivity index (χ0v) is 18.8. The van der Waals surface area contributed by atoms with Crippen LogP contribution in [-0.4, -0.2) is 43.0 Å². The molecule has 0 aromatic heterocycles. The molecule has 6 heteroatoms. The number of carbonyl (C=O) groups excluding carboxylic acids is 2. The lowest BCUT2D eigenvalue weighted by molar-refractivity contribution is -0.129. The van der Waals surface area contributed by atoms with Gasteiger partial charge in [-0.1, -0.05) is 12.1 Å². The minimum absolute atomic E-state index is 0.0420. The summed E-state index contributed by atoms with van der Waals surface area (Å²) in [5.74, 6) is 1.03. The van der Waals surface area contributed by atoms with Crippen molar-refractivity contribution in [1.82, 2.24) is 4.90 Å². The van der Waals surface area contributed by atoms with Crippen molar-refractivity contribution in [2.75, 3.05) is 25.5 Å². The number of benzene rings is 2. The molecule has 1 heterocycles. The molecular formula is C25H30N2O4. The molecule has 0 fully saturated rings. The van der Waals surface area contributed by atoms with Gasteiger partial charge in [0.25, 0.3) is 0 Å². The van der Waals surface area contributed by atoms with Gasteiger partial charge in [0, 0.05) is 36.4 Å². The number of nitrogens with one attached hydrogen (secondary N) is 1. The summed E-state index contributed by atoms with van der Waals surface area (Å²) in [5, 5.41) is 2.88. The van der Waals surface area contributed by atoms with Crippen LogP contribution in [0.4, 0.5) is 5.69 Å². The van der Waals surface area contributed by atoms with Gasteiger partial charge in [-0.15, -0.1) is 0 Å². The van der Waals surface area contributed by atoms with Gasteiger partial charge >= 0.3 is 0 Å². The Morgan fingerprint density at radius 3 is 2.81 bits per heavy atom. The molecule has 1 unspecified atom stereocenters. The fraction of sp³-hybridized carbons (Fsp3) is 0.360. The van der Waals surface area contributed by atoms with E-state index < -0.39 is 0 Å². The Balaban J connectivity index is 1.66. The number of nitrogens with zero attached hydrogens (tertiary/aromatic N) is 1. The number of hydrogen-bond donors (Lipinski definition) is 1. The number of carbonyl (C=O) groups is 2. The largest absolute Gasteiger partial charge is 0.493 e. The van der Waals surface area contributed by atoms with Crippen LogP contribution < -0.4 is 14.8 Å². The first-order valence-electron chi connectivity index (χ1n) is 10.5. The third kappa shape index (κ3) is 5.45. The quantitative estimate of drug-likeness (QED) is 0.681. The number of likely N-dealkylation sites (N-methyl/N-ethyl adjacent to an activating group) is 1. The topological polar surface area (TPSA) is 67.9 Å². The van der Waals surface area contributed by atoms with Crippen LogP contribution >= 0.6 is 0 Å². The Labute approximate surface area is 183 Å². The maximum absolute atomic E-state index is 12.6. The van der Waals surface area contributed by atoms with Crippen molar-refractivity contribution >= 4 is 23.6 Å². The molecule has 0 saturated heterocycles. The van der Waals surface area contributed by atoms with Gasteiger partial charge in [-0.25, -0.2) is 0 Å². The second-order valence-corrected chi connectivity index (χ2v) is 7.89. The Morgan fingerprint density at radius 1 is 1.29 bits per heavy atom. The van der Waals surface area contributed by atoms with Gasteiger partial charge < -0.3 is 19.7 Å². The average Bonchev–Trinajstić information content (AvgIpc) is 3.08. The molecule has 0 bridgehead atoms. The molecule has 0 aliphatic carbocycles. The monoisotopic (exact) mass is 422 g/mol. The first-order valence-corrected chi connectivity index (χ1v) is 10.5. The molecule has 31 heavy (non-hydrogen) atoms. The first-order chi connectivity index (χ1) is 14.8. The molecule has 1 aliphatic heterocycles. The number of hydrogen-bond acceptors (Lipinski definition) is 4. The minimum Gasteiger partial charge on any atom is -0.493 e. The number of fused-ring (bicyclic) bond motifs is 1. The van der Waals surface area contributed by atoms with Gasteiger partial charge in [0.15, 0.2) is 0 Å². The van der Waals surface area contributed by atoms with Gasteiger partial charge in [-0.3, -0.25) is 9.59 Å². The van der Waals surface area contributed by atoms with E-state index in [4.69, 9.17) is 9.47 Å². The molecule has 1 aliphatic rings. The highest BCUT2D eigenvalue weighted by Crippen LogP contribution is 2.35. The highest BCUT2D eigenvalue weighted by molar-refractivity contribution is 5.98. The summed E-state index contributed by atoms with van der Waals surface area (Å²) < 4.78 is 11.6. The van der Waals surface area contributed by atoms with Crippen molar-refractivity contribution in [3.05, 3.63) is 58.7 Å². The second kappa shape index (κ2) is 9.69. The zero-order chi connectivity index (χ0) is 22.5. The molecule has 2 amide bonds. The molecule has 0 spiro atoms. The SMILES string of the molecule is CCOc1cc2c(cc1/C=C/C(=O)N(C)CC(=O)Nc1cccc(C)c1C)OC(C)C2. The lowest BCUT2D eigenvalue weighted by Crippen LogP contribution is -2.34. The van der Waals surface area contributed by atoms with Crippen LogP contribution in [0.15, 0.2) is 36.4 Å². The van der Waals surface area contributed by atoms with Gasteiger partial charge in [0.05, 0.1) is 13.2 Å². The molecule has 6 nitrogen and oxygen atoms in total. The van der Waals surface area contributed by atoms with Crippen molar-refractivity contribution in [3.8, 4) is 11.5 Å². The lowest BCUT2D eigenvalue weighted by atomic mass is 10.1. The van der Waals surface area contributed by atoms with Crippen LogP contribution in [0.5, 0.6) is 11.5 Å². The fourth-order valence-electron chi connectivity index (χ4n) is 3.52. The number of ether oxygens (including phenoxy) is 2. The van der Waals surface area contributed by atoms with E-state index in [0.29, 0.717) is 6.61 Å². The van der Waals surface area contributed by atoms with Crippen LogP contribution in [0, 0.1) is 13.8 Å². The second-order valence-electron chi connectivity index (χ2n) is 7.89. The minimum atomic E-state index is -0.270. The van der Waals surface area contributed by atoms with E-state index in [0.717, 1.165) is 45.9 Å². The Hall–Kier alpha value is -3.28. The highest BCUT2D eigenvalue weighted by atomic mass is 16.5. The number of aryl methyl sites for hydroxylation is 1. The van der Waals surface area contributed by atoms with E-state index in [2.05, 4.69) is 5.32 Å². The summed E-state index contributed by atoms with van der Waals surface area (Å²) in [6.07, 6.45) is 4.13. The lowest BCUT2D eigenvalue weighted by Gasteiger charge is -2.16. The van der Waals surface area contributed by atoms with Crippen LogP contribution in [-0.2, 0) is 16.0 Å². The van der Waals surface area contributed by atoms with E-state index in [1.165, 1.54) is 11.0 Å². The Bertz CT molecular complexity index is 1010. The molecule has 164 valence electrons. The summed E-state index contributed by atoms with van der Waals surface area (Å²) in [5.41, 5.74) is 4.76. The molecule has 1 N–H and O–H groups in total. The van der Waals surface area contributed by atoms with Crippen LogP contribution in [0.3, 0.4) is 0 Å². The van der Waals surface area contributed by atoms with Crippen molar-refractivity contribution in [2.24, 2.45) is 0 Å². The summed E-state index contributed by atoms with van der Waals surface area (Å²) >= 11 is 0. The van der Waals surface area contributed by atoms with E-state index in [1.54, 1.807) is 13.1 Å². The van der Waals surface area contributed by atoms with E-state index in [9.17, 15) is 9.59 Å². The number of amides is 2. The standard InChI is InChI=1S/C25H30N2O4/c1-6-30-22-14-20-12-17(3)31-23(20)13-19(22)10-11-25(29)27(5)15-24(28)26-21-9-7-8-16(2)18(21)4/h7-11,13-14,17H,6,12,15H2,1-5H3,(H,26,28)/b11-10+. The third-order valence-corrected chi connectivity index (χ3v) is 5.37. The predicted octanol–water partition coefficient (Wildman–Crippen LogP) is 4.14. The van der Waals surface area contributed by atoms with E-state index in [1.807, 2.05) is 58.0 Å². The normalized spacial score (nSPS) is 14.8. The predicted molar refractivity (Wildman–Crippen MR) is 123 cm³/mol. The first kappa shape index (κ1) is 22.4. The Kier molecular flexibility index (Phi) is 7.00. The van der Waals surface area contributed by atoms with Crippen LogP contribution in [0.25, 0.3) is 6.08 Å². The molecular weight excluding hydrogens is 392 g/mol. The third-order valence-electron chi connectivity index (χ3n) is 5.37. The summed E-state index contributed by atoms with van der Waals surface area (Å²) in [7, 11) is 1.60. The van der Waals surface area contributed by atoms with E-state index >= 15 is 0 Å². The van der Waals surface area contributed by atoms with Gasteiger partial charge in [0.2, 0.25) is 11.8 Å². The number of rotatable bonds is 7. The summed E-state index contributed by atoms with van der Waals surface area (Å²) in [4.78, 5) is 26.3. The van der Waals surface area contributed by atoms with Crippen LogP contribution in [0.2, 0.25) is 0 Å². The average molecular weight is 423 g/mol. The fourth-order valence-corrected chi connectivity index (χ4v) is 3.52. The molecule has 2 aromatic rings. The van der Waals surface area contributed by atoms with Crippen molar-refractivity contribution < 1.29 is 19.1 Å². The van der Waals surface area contributed by atoms with Crippen molar-refractivity contribution in [3.63, 3.8) is 0 Å². The Morgan fingerprint density at radius 2 is 2.06 bits per heavy atom. The van der Waals surface area contributed by atoms with Gasteiger partial charge in [0.1, 0.15) is 17.6 Å². The van der Waals surface area contributed by atoms with Gasteiger partial charge in [-0.2, -0.15) is 0 Å². The van der Waals surface area contributed by atoms with E-state index in [-0.39, 0.29) is 24.5 Å². The summed E-state index contributed by atoms with van der Waals surface area (Å²) in [6, 6.07) is 9.63.